The Morgan fingerprint density at radius 2 is 1.80 bits per heavy atom. The molecule has 0 spiro atoms. The molecule has 5 heterocycles. The number of hydrogen-bond donors (Lipinski definition) is 1. The minimum atomic E-state index is -0.948. The first-order chi connectivity index (χ1) is 23.6. The molecule has 1 amide bonds. The number of pyridine rings is 1. The van der Waals surface area contributed by atoms with Crippen molar-refractivity contribution in [2.75, 3.05) is 38.8 Å². The number of thiophene rings is 1. The Bertz CT molecular complexity index is 1810. The van der Waals surface area contributed by atoms with Crippen LogP contribution in [-0.2, 0) is 22.4 Å². The summed E-state index contributed by atoms with van der Waals surface area (Å²) in [6.07, 6.45) is 3.02. The molecule has 7 rings (SSSR count). The van der Waals surface area contributed by atoms with Gasteiger partial charge >= 0.3 is 12.1 Å². The van der Waals surface area contributed by atoms with Crippen LogP contribution in [0.3, 0.4) is 0 Å². The van der Waals surface area contributed by atoms with Crippen molar-refractivity contribution in [3.63, 3.8) is 0 Å². The summed E-state index contributed by atoms with van der Waals surface area (Å²) >= 11 is 14.0. The second-order valence-corrected chi connectivity index (χ2v) is 13.8. The molecule has 2 aromatic heterocycles. The van der Waals surface area contributed by atoms with Crippen molar-refractivity contribution >= 4 is 52.3 Å². The standard InChI is InChI=1S/C35H34Cl2FN3O7S/c1-45-28-8-6-21(14-30(28)46-2)29(15-23-24(36)16-39-17-25(23)37)47-34(43)32-9-7-22(49-32)18-41(26-4-3-5-27(42)33(26)38)35(44)48-31-19-40-12-10-20(31)11-13-40/h3-9,14,16-17,20,29,31,42H,10-13,15,18-19H2,1-2H3/t29-,31-/m0/s1. The van der Waals surface area contributed by atoms with Gasteiger partial charge in [0.05, 0.1) is 36.5 Å². The van der Waals surface area contributed by atoms with Crippen LogP contribution in [0, 0.1) is 11.7 Å². The van der Waals surface area contributed by atoms with Crippen molar-refractivity contribution in [2.45, 2.75) is 38.0 Å². The molecule has 0 aliphatic carbocycles. The number of piperidine rings is 3. The molecule has 3 fully saturated rings. The first kappa shape index (κ1) is 34.8. The molecule has 2 aromatic carbocycles. The van der Waals surface area contributed by atoms with Gasteiger partial charge in [-0.3, -0.25) is 14.8 Å². The van der Waals surface area contributed by atoms with Crippen LogP contribution in [0.1, 0.15) is 44.6 Å². The van der Waals surface area contributed by atoms with E-state index in [1.54, 1.807) is 30.3 Å². The van der Waals surface area contributed by atoms with Gasteiger partial charge < -0.3 is 24.1 Å². The lowest BCUT2D eigenvalue weighted by molar-refractivity contribution is -0.0311. The van der Waals surface area contributed by atoms with E-state index in [4.69, 9.17) is 42.1 Å². The normalized spacial score (nSPS) is 18.8. The van der Waals surface area contributed by atoms with Crippen LogP contribution in [0.4, 0.5) is 14.9 Å². The molecule has 0 saturated carbocycles. The molecule has 0 unspecified atom stereocenters. The summed E-state index contributed by atoms with van der Waals surface area (Å²) in [4.78, 5) is 35.5. The number of methoxy groups -OCH3 is 2. The van der Waals surface area contributed by atoms with Crippen LogP contribution in [0.25, 0.3) is 0 Å². The largest absolute Gasteiger partial charge is 0.505 e. The lowest BCUT2D eigenvalue weighted by Crippen LogP contribution is -2.53. The van der Waals surface area contributed by atoms with Gasteiger partial charge in [0.15, 0.2) is 23.1 Å². The molecule has 14 heteroatoms. The van der Waals surface area contributed by atoms with Crippen molar-refractivity contribution in [1.29, 1.82) is 0 Å². The van der Waals surface area contributed by atoms with Crippen LogP contribution in [0.5, 0.6) is 17.2 Å². The molecule has 1 N–H and O–H groups in total. The molecule has 3 saturated heterocycles. The monoisotopic (exact) mass is 729 g/mol. The number of phenols is 1. The van der Waals surface area contributed by atoms with Crippen LogP contribution in [0.15, 0.2) is 60.9 Å². The molecule has 2 bridgehead atoms. The fourth-order valence-corrected chi connectivity index (χ4v) is 7.62. The van der Waals surface area contributed by atoms with Gasteiger partial charge in [-0.15, -0.1) is 11.3 Å². The Morgan fingerprint density at radius 1 is 1.06 bits per heavy atom. The number of hydrogen-bond acceptors (Lipinski definition) is 10. The lowest BCUT2D eigenvalue weighted by Gasteiger charge is -2.44. The van der Waals surface area contributed by atoms with Crippen LogP contribution < -0.4 is 14.4 Å². The highest BCUT2D eigenvalue weighted by Crippen LogP contribution is 2.37. The number of rotatable bonds is 11. The average molecular weight is 731 g/mol. The average Bonchev–Trinajstić information content (AvgIpc) is 3.59. The summed E-state index contributed by atoms with van der Waals surface area (Å²) in [7, 11) is 3.03. The van der Waals surface area contributed by atoms with Crippen LogP contribution >= 0.6 is 34.5 Å². The first-order valence-electron chi connectivity index (χ1n) is 15.6. The van der Waals surface area contributed by atoms with E-state index in [1.165, 1.54) is 44.8 Å². The Labute approximate surface area is 296 Å². The van der Waals surface area contributed by atoms with E-state index in [1.807, 2.05) is 0 Å². The number of phenolic OH excluding ortho intramolecular Hbond substituents is 1. The van der Waals surface area contributed by atoms with Crippen molar-refractivity contribution in [3.05, 3.63) is 97.7 Å². The molecule has 10 nitrogen and oxygen atoms in total. The molecule has 4 aromatic rings. The highest BCUT2D eigenvalue weighted by molar-refractivity contribution is 7.14. The molecule has 0 radical (unpaired) electrons. The quantitative estimate of drug-likeness (QED) is 0.155. The van der Waals surface area contributed by atoms with Crippen LogP contribution in [0.2, 0.25) is 10.0 Å². The van der Waals surface area contributed by atoms with E-state index in [9.17, 15) is 14.7 Å². The van der Waals surface area contributed by atoms with Gasteiger partial charge in [-0.25, -0.2) is 14.0 Å². The number of aromatic hydroxyl groups is 1. The first-order valence-corrected chi connectivity index (χ1v) is 17.2. The minimum absolute atomic E-state index is 0.112. The molecular weight excluding hydrogens is 696 g/mol. The predicted molar refractivity (Wildman–Crippen MR) is 184 cm³/mol. The third-order valence-corrected chi connectivity index (χ3v) is 10.6. The zero-order valence-corrected chi connectivity index (χ0v) is 29.1. The topological polar surface area (TPSA) is 111 Å². The smallest absolute Gasteiger partial charge is 0.415 e. The summed E-state index contributed by atoms with van der Waals surface area (Å²) in [6.45, 7) is 2.44. The molecule has 2 atom stereocenters. The number of nitrogens with zero attached hydrogens (tertiary/aromatic N) is 3. The number of esters is 1. The maximum atomic E-state index is 15.2. The minimum Gasteiger partial charge on any atom is -0.505 e. The maximum Gasteiger partial charge on any atom is 0.415 e. The third kappa shape index (κ3) is 7.72. The zero-order valence-electron chi connectivity index (χ0n) is 26.7. The Hall–Kier alpha value is -4.10. The maximum absolute atomic E-state index is 15.2. The predicted octanol–water partition coefficient (Wildman–Crippen LogP) is 7.69. The Kier molecular flexibility index (Phi) is 10.8. The van der Waals surface area contributed by atoms with Gasteiger partial charge in [0.2, 0.25) is 0 Å². The second-order valence-electron chi connectivity index (χ2n) is 11.8. The molecule has 49 heavy (non-hydrogen) atoms. The van der Waals surface area contributed by atoms with Crippen molar-refractivity contribution in [2.24, 2.45) is 5.92 Å². The third-order valence-electron chi connectivity index (χ3n) is 8.86. The van der Waals surface area contributed by atoms with E-state index in [-0.39, 0.29) is 35.6 Å². The molecule has 258 valence electrons. The number of anilines is 1. The number of ether oxygens (including phenoxy) is 4. The Morgan fingerprint density at radius 3 is 2.47 bits per heavy atom. The zero-order chi connectivity index (χ0) is 34.7. The van der Waals surface area contributed by atoms with E-state index in [0.29, 0.717) is 44.1 Å². The van der Waals surface area contributed by atoms with Crippen LogP contribution in [-0.4, -0.2) is 67.0 Å². The molecule has 3 aliphatic heterocycles. The lowest BCUT2D eigenvalue weighted by atomic mass is 9.86. The number of fused-ring (bicyclic) bond motifs is 3. The van der Waals surface area contributed by atoms with E-state index >= 15 is 4.39 Å². The van der Waals surface area contributed by atoms with Crippen molar-refractivity contribution < 1.29 is 38.0 Å². The summed E-state index contributed by atoms with van der Waals surface area (Å²) in [5.74, 6) is -1.000. The Balaban J connectivity index is 1.24. The highest BCUT2D eigenvalue weighted by atomic mass is 35.5. The van der Waals surface area contributed by atoms with Gasteiger partial charge in [0, 0.05) is 30.2 Å². The van der Waals surface area contributed by atoms with E-state index < -0.39 is 29.7 Å². The van der Waals surface area contributed by atoms with Crippen molar-refractivity contribution in [3.8, 4) is 17.2 Å². The second kappa shape index (κ2) is 15.2. The van der Waals surface area contributed by atoms with Crippen molar-refractivity contribution in [1.82, 2.24) is 9.88 Å². The van der Waals surface area contributed by atoms with E-state index in [2.05, 4.69) is 9.88 Å². The van der Waals surface area contributed by atoms with E-state index in [0.717, 1.165) is 42.2 Å². The van der Waals surface area contributed by atoms with Gasteiger partial charge in [0.1, 0.15) is 17.1 Å². The van der Waals surface area contributed by atoms with Gasteiger partial charge in [0.25, 0.3) is 0 Å². The number of halogens is 3. The number of carbonyl (C=O) groups excluding carboxylic acids is 2. The summed E-state index contributed by atoms with van der Waals surface area (Å²) in [5, 5.41) is 10.7. The number of carbonyl (C=O) groups is 2. The fourth-order valence-electron chi connectivity index (χ4n) is 6.22. The van der Waals surface area contributed by atoms with Gasteiger partial charge in [-0.05, 0) is 79.4 Å². The number of benzene rings is 2. The summed E-state index contributed by atoms with van der Waals surface area (Å²) in [6, 6.07) is 12.5. The number of aromatic nitrogens is 1. The fraction of sp³-hybridized carbons (Fsp3) is 0.343. The molecule has 3 aliphatic rings. The molecular formula is C35H34Cl2FN3O7S. The summed E-state index contributed by atoms with van der Waals surface area (Å²) in [5.41, 5.74) is 1.01. The summed E-state index contributed by atoms with van der Waals surface area (Å²) < 4.78 is 38.0. The highest BCUT2D eigenvalue weighted by Gasteiger charge is 2.38. The number of amides is 1. The SMILES string of the molecule is COc1ccc([C@H](Cc2c(Cl)cncc2Cl)OC(=O)c2ccc(CN(C(=O)O[C@H]3CN4CCC3CC4)c3cccc(O)c3F)s2)cc1OC. The van der Waals surface area contributed by atoms with Gasteiger partial charge in [-0.2, -0.15) is 0 Å². The van der Waals surface area contributed by atoms with Gasteiger partial charge in [-0.1, -0.05) is 35.3 Å².